The van der Waals surface area contributed by atoms with Gasteiger partial charge in [0.1, 0.15) is 18.0 Å². The second-order valence-corrected chi connectivity index (χ2v) is 3.38. The number of nitrogens with one attached hydrogen (secondary N) is 1. The van der Waals surface area contributed by atoms with E-state index in [9.17, 15) is 13.2 Å². The van der Waals surface area contributed by atoms with Crippen molar-refractivity contribution in [2.45, 2.75) is 25.6 Å². The zero-order valence-corrected chi connectivity index (χ0v) is 9.12. The second kappa shape index (κ2) is 5.17. The Kier molecular flexibility index (Phi) is 4.11. The van der Waals surface area contributed by atoms with Gasteiger partial charge in [0.05, 0.1) is 6.54 Å². The van der Waals surface area contributed by atoms with Crippen LogP contribution in [0.1, 0.15) is 12.5 Å². The number of hydrogen-bond acceptors (Lipinski definition) is 5. The molecule has 4 N–H and O–H groups in total. The molecule has 1 atom stereocenters. The number of nitrogens with zero attached hydrogens (tertiary/aromatic N) is 2. The Morgan fingerprint density at radius 1 is 1.47 bits per heavy atom. The fourth-order valence-corrected chi connectivity index (χ4v) is 1.24. The molecule has 1 aromatic heterocycles. The number of nitrogen functional groups attached to an aromatic ring is 1. The van der Waals surface area contributed by atoms with Crippen LogP contribution >= 0.6 is 0 Å². The minimum Gasteiger partial charge on any atom is -0.383 e. The Morgan fingerprint density at radius 3 is 2.65 bits per heavy atom. The average Bonchev–Trinajstić information content (AvgIpc) is 2.24. The molecule has 0 amide bonds. The average molecular weight is 250 g/mol. The lowest BCUT2D eigenvalue weighted by molar-refractivity contribution is -0.198. The molecule has 17 heavy (non-hydrogen) atoms. The largest absolute Gasteiger partial charge is 0.416 e. The molecule has 5 nitrogen and oxygen atoms in total. The maximum absolute atomic E-state index is 12.1. The second-order valence-electron chi connectivity index (χ2n) is 3.38. The van der Waals surface area contributed by atoms with Crippen molar-refractivity contribution >= 4 is 11.6 Å². The van der Waals surface area contributed by atoms with Crippen molar-refractivity contribution in [3.8, 4) is 0 Å². The van der Waals surface area contributed by atoms with Gasteiger partial charge in [0, 0.05) is 5.56 Å². The highest BCUT2D eigenvalue weighted by Crippen LogP contribution is 2.22. The first-order valence-corrected chi connectivity index (χ1v) is 4.94. The van der Waals surface area contributed by atoms with Gasteiger partial charge in [-0.3, -0.25) is 0 Å². The number of anilines is 2. The molecule has 0 fully saturated rings. The van der Waals surface area contributed by atoms with Gasteiger partial charge in [0.2, 0.25) is 0 Å². The van der Waals surface area contributed by atoms with Gasteiger partial charge in [-0.25, -0.2) is 9.97 Å². The smallest absolute Gasteiger partial charge is 0.383 e. The molecule has 0 spiro atoms. The molecule has 0 saturated heterocycles. The van der Waals surface area contributed by atoms with E-state index >= 15 is 0 Å². The van der Waals surface area contributed by atoms with Crippen LogP contribution in [0.4, 0.5) is 24.8 Å². The molecule has 0 radical (unpaired) electrons. The van der Waals surface area contributed by atoms with E-state index in [1.807, 2.05) is 0 Å². The number of halogens is 3. The van der Waals surface area contributed by atoms with Crippen LogP contribution in [0.5, 0.6) is 0 Å². The molecule has 8 heteroatoms. The van der Waals surface area contributed by atoms with Crippen LogP contribution in [0.3, 0.4) is 0 Å². The molecule has 96 valence electrons. The van der Waals surface area contributed by atoms with Crippen molar-refractivity contribution < 1.29 is 18.3 Å². The van der Waals surface area contributed by atoms with Crippen LogP contribution in [-0.2, 0) is 6.42 Å². The zero-order valence-electron chi connectivity index (χ0n) is 9.12. The van der Waals surface area contributed by atoms with Crippen LogP contribution in [0.2, 0.25) is 0 Å². The van der Waals surface area contributed by atoms with Gasteiger partial charge in [0.15, 0.2) is 6.10 Å². The molecule has 1 aromatic rings. The Hall–Kier alpha value is -1.57. The predicted octanol–water partition coefficient (Wildman–Crippen LogP) is 0.956. The Bertz CT molecular complexity index is 383. The van der Waals surface area contributed by atoms with Crippen LogP contribution in [0, 0.1) is 0 Å². The first-order valence-electron chi connectivity index (χ1n) is 4.94. The molecular formula is C9H13F3N4O. The first-order chi connectivity index (χ1) is 7.86. The lowest BCUT2D eigenvalue weighted by Gasteiger charge is -2.16. The summed E-state index contributed by atoms with van der Waals surface area (Å²) in [5, 5.41) is 11.2. The monoisotopic (exact) mass is 250 g/mol. The van der Waals surface area contributed by atoms with E-state index in [4.69, 9.17) is 10.8 Å². The fourth-order valence-electron chi connectivity index (χ4n) is 1.24. The van der Waals surface area contributed by atoms with Gasteiger partial charge in [-0.05, 0) is 6.42 Å². The maximum Gasteiger partial charge on any atom is 0.416 e. The van der Waals surface area contributed by atoms with E-state index in [0.29, 0.717) is 12.0 Å². The summed E-state index contributed by atoms with van der Waals surface area (Å²) in [5.41, 5.74) is 6.08. The van der Waals surface area contributed by atoms with Gasteiger partial charge in [-0.15, -0.1) is 0 Å². The topological polar surface area (TPSA) is 84.1 Å². The third-order valence-electron chi connectivity index (χ3n) is 2.17. The molecule has 1 heterocycles. The number of hydrogen-bond donors (Lipinski definition) is 3. The van der Waals surface area contributed by atoms with Crippen molar-refractivity contribution in [1.82, 2.24) is 9.97 Å². The van der Waals surface area contributed by atoms with Crippen LogP contribution in [0.25, 0.3) is 0 Å². The van der Waals surface area contributed by atoms with Crippen molar-refractivity contribution in [1.29, 1.82) is 0 Å². The number of aromatic nitrogens is 2. The molecule has 1 unspecified atom stereocenters. The number of nitrogens with two attached hydrogens (primary N) is 1. The zero-order chi connectivity index (χ0) is 13.1. The summed E-state index contributed by atoms with van der Waals surface area (Å²) >= 11 is 0. The predicted molar refractivity (Wildman–Crippen MR) is 56.4 cm³/mol. The van der Waals surface area contributed by atoms with E-state index in [1.165, 1.54) is 0 Å². The Balaban J connectivity index is 2.73. The minimum absolute atomic E-state index is 0.211. The first kappa shape index (κ1) is 13.5. The van der Waals surface area contributed by atoms with Gasteiger partial charge in [-0.2, -0.15) is 13.2 Å². The Morgan fingerprint density at radius 2 is 2.12 bits per heavy atom. The van der Waals surface area contributed by atoms with Crippen LogP contribution in [-0.4, -0.2) is 33.9 Å². The maximum atomic E-state index is 12.1. The summed E-state index contributed by atoms with van der Waals surface area (Å²) in [6.07, 6.45) is -5.46. The number of alkyl halides is 3. The van der Waals surface area contributed by atoms with Crippen molar-refractivity contribution in [3.05, 3.63) is 11.9 Å². The van der Waals surface area contributed by atoms with Gasteiger partial charge in [-0.1, -0.05) is 6.92 Å². The fraction of sp³-hybridized carbons (Fsp3) is 0.556. The highest BCUT2D eigenvalue weighted by atomic mass is 19.4. The lowest BCUT2D eigenvalue weighted by atomic mass is 10.2. The summed E-state index contributed by atoms with van der Waals surface area (Å²) in [6.45, 7) is 1.10. The lowest BCUT2D eigenvalue weighted by Crippen LogP contribution is -2.35. The summed E-state index contributed by atoms with van der Waals surface area (Å²) in [5.74, 6) is 0.426. The molecule has 0 aliphatic rings. The number of aliphatic hydroxyl groups is 1. The third-order valence-corrected chi connectivity index (χ3v) is 2.17. The van der Waals surface area contributed by atoms with Crippen molar-refractivity contribution in [2.24, 2.45) is 0 Å². The highest BCUT2D eigenvalue weighted by Gasteiger charge is 2.38. The molecule has 0 aromatic carbocycles. The van der Waals surface area contributed by atoms with Crippen molar-refractivity contribution in [2.75, 3.05) is 17.6 Å². The molecule has 1 rings (SSSR count). The van der Waals surface area contributed by atoms with E-state index in [1.54, 1.807) is 6.92 Å². The van der Waals surface area contributed by atoms with Gasteiger partial charge in [0.25, 0.3) is 0 Å². The summed E-state index contributed by atoms with van der Waals surface area (Å²) in [4.78, 5) is 7.51. The van der Waals surface area contributed by atoms with Crippen LogP contribution in [0.15, 0.2) is 6.33 Å². The summed E-state index contributed by atoms with van der Waals surface area (Å²) in [6, 6.07) is 0. The molecule has 0 saturated carbocycles. The molecular weight excluding hydrogens is 237 g/mol. The third kappa shape index (κ3) is 3.45. The molecule has 0 aliphatic carbocycles. The quantitative estimate of drug-likeness (QED) is 0.741. The number of rotatable bonds is 4. The van der Waals surface area contributed by atoms with Crippen molar-refractivity contribution in [3.63, 3.8) is 0 Å². The molecule has 0 aliphatic heterocycles. The minimum atomic E-state index is -4.65. The van der Waals surface area contributed by atoms with E-state index < -0.39 is 18.8 Å². The number of aliphatic hydroxyl groups excluding tert-OH is 1. The summed E-state index contributed by atoms with van der Waals surface area (Å²) < 4.78 is 36.2. The van der Waals surface area contributed by atoms with E-state index in [2.05, 4.69) is 15.3 Å². The molecule has 0 bridgehead atoms. The standard InChI is InChI=1S/C9H13F3N4O/c1-2-5-7(13)15-4-16-8(5)14-3-6(17)9(10,11)12/h4,6,17H,2-3H2,1H3,(H3,13,14,15,16). The summed E-state index contributed by atoms with van der Waals surface area (Å²) in [7, 11) is 0. The normalized spacial score (nSPS) is 13.5. The van der Waals surface area contributed by atoms with E-state index in [-0.39, 0.29) is 11.6 Å². The van der Waals surface area contributed by atoms with E-state index in [0.717, 1.165) is 6.33 Å². The van der Waals surface area contributed by atoms with Gasteiger partial charge >= 0.3 is 6.18 Å². The Labute approximate surface area is 95.9 Å². The van der Waals surface area contributed by atoms with Gasteiger partial charge < -0.3 is 16.2 Å². The SMILES string of the molecule is CCc1c(N)ncnc1NCC(O)C(F)(F)F. The van der Waals surface area contributed by atoms with Crippen LogP contribution < -0.4 is 11.1 Å². The highest BCUT2D eigenvalue weighted by molar-refractivity contribution is 5.54.